The smallest absolute Gasteiger partial charge is 0.255 e. The molecule has 190 valence electrons. The van der Waals surface area contributed by atoms with Crippen molar-refractivity contribution in [2.45, 2.75) is 41.9 Å². The fourth-order valence-electron chi connectivity index (χ4n) is 5.04. The number of carbonyl (C=O) groups is 1. The number of benzene rings is 2. The second-order valence-electron chi connectivity index (χ2n) is 9.00. The molecule has 0 aromatic heterocycles. The lowest BCUT2D eigenvalue weighted by Crippen LogP contribution is -2.47. The lowest BCUT2D eigenvalue weighted by Gasteiger charge is -2.35. The van der Waals surface area contributed by atoms with Crippen molar-refractivity contribution in [2.75, 3.05) is 11.6 Å². The lowest BCUT2D eigenvalue weighted by molar-refractivity contribution is 0.102. The van der Waals surface area contributed by atoms with Crippen molar-refractivity contribution in [1.82, 2.24) is 4.72 Å². The molecule has 2 aliphatic rings. The van der Waals surface area contributed by atoms with E-state index in [9.17, 15) is 34.8 Å². The van der Waals surface area contributed by atoms with Gasteiger partial charge in [0.25, 0.3) is 5.91 Å². The SMILES string of the molecule is CS(=O)(=O)NC1C2CC[C@H]1C[C@H](S(=O)(=O)c1cc(C(=O)Nc3cc(F)c(F)c(F)c3)ccc1Cl)C2. The average molecular weight is 551 g/mol. The monoisotopic (exact) mass is 550 g/mol. The fourth-order valence-corrected chi connectivity index (χ4v) is 8.35. The van der Waals surface area contributed by atoms with Crippen LogP contribution in [0.25, 0.3) is 0 Å². The third-order valence-electron chi connectivity index (χ3n) is 6.59. The molecule has 35 heavy (non-hydrogen) atoms. The summed E-state index contributed by atoms with van der Waals surface area (Å²) in [5, 5.41) is 1.30. The minimum absolute atomic E-state index is 0.0934. The quantitative estimate of drug-likeness (QED) is 0.530. The highest BCUT2D eigenvalue weighted by molar-refractivity contribution is 7.92. The summed E-state index contributed by atoms with van der Waals surface area (Å²) in [4.78, 5) is 12.4. The summed E-state index contributed by atoms with van der Waals surface area (Å²) < 4.78 is 93.1. The maximum atomic E-state index is 13.5. The Hall–Kier alpha value is -2.15. The van der Waals surface area contributed by atoms with Crippen LogP contribution in [0.4, 0.5) is 18.9 Å². The molecule has 0 heterocycles. The van der Waals surface area contributed by atoms with Gasteiger partial charge in [-0.1, -0.05) is 11.6 Å². The van der Waals surface area contributed by atoms with Crippen LogP contribution in [0.3, 0.4) is 0 Å². The summed E-state index contributed by atoms with van der Waals surface area (Å²) in [5.41, 5.74) is -0.479. The predicted molar refractivity (Wildman–Crippen MR) is 124 cm³/mol. The highest BCUT2D eigenvalue weighted by Gasteiger charge is 2.48. The number of halogens is 4. The lowest BCUT2D eigenvalue weighted by atomic mass is 9.84. The van der Waals surface area contributed by atoms with E-state index in [1.54, 1.807) is 0 Å². The minimum atomic E-state index is -3.99. The van der Waals surface area contributed by atoms with Crippen molar-refractivity contribution >= 4 is 43.1 Å². The Bertz CT molecular complexity index is 1360. The van der Waals surface area contributed by atoms with E-state index in [0.717, 1.165) is 12.3 Å². The molecular weight excluding hydrogens is 529 g/mol. The van der Waals surface area contributed by atoms with Gasteiger partial charge in [-0.15, -0.1) is 0 Å². The second-order valence-corrected chi connectivity index (χ2v) is 13.4. The van der Waals surface area contributed by atoms with Crippen molar-refractivity contribution in [3.05, 3.63) is 58.4 Å². The van der Waals surface area contributed by atoms with Crippen LogP contribution in [0.5, 0.6) is 0 Å². The van der Waals surface area contributed by atoms with Crippen LogP contribution in [-0.2, 0) is 19.9 Å². The molecule has 0 spiro atoms. The van der Waals surface area contributed by atoms with E-state index < -0.39 is 48.5 Å². The number of amides is 1. The Kier molecular flexibility index (Phi) is 6.95. The number of nitrogens with one attached hydrogen (secondary N) is 2. The zero-order chi connectivity index (χ0) is 25.7. The molecule has 2 bridgehead atoms. The molecule has 2 N–H and O–H groups in total. The van der Waals surface area contributed by atoms with Crippen molar-refractivity contribution < 1.29 is 34.8 Å². The number of rotatable bonds is 6. The number of hydrogen-bond acceptors (Lipinski definition) is 5. The first-order chi connectivity index (χ1) is 16.3. The van der Waals surface area contributed by atoms with Gasteiger partial charge in [-0.05, 0) is 55.7 Å². The van der Waals surface area contributed by atoms with Crippen LogP contribution in [0.1, 0.15) is 36.0 Å². The van der Waals surface area contributed by atoms with Gasteiger partial charge in [-0.2, -0.15) is 0 Å². The maximum Gasteiger partial charge on any atom is 0.255 e. The van der Waals surface area contributed by atoms with E-state index in [2.05, 4.69) is 10.0 Å². The van der Waals surface area contributed by atoms with Crippen LogP contribution >= 0.6 is 11.6 Å². The normalized spacial score (nSPS) is 24.4. The van der Waals surface area contributed by atoms with Gasteiger partial charge in [0.05, 0.1) is 21.4 Å². The molecule has 2 aromatic rings. The minimum Gasteiger partial charge on any atom is -0.322 e. The Labute approximate surface area is 206 Å². The van der Waals surface area contributed by atoms with Crippen LogP contribution in [0.15, 0.2) is 35.2 Å². The van der Waals surface area contributed by atoms with Crippen LogP contribution < -0.4 is 10.0 Å². The van der Waals surface area contributed by atoms with Crippen LogP contribution in [-0.4, -0.2) is 40.3 Å². The van der Waals surface area contributed by atoms with Crippen molar-refractivity contribution in [3.63, 3.8) is 0 Å². The van der Waals surface area contributed by atoms with E-state index in [1.807, 2.05) is 0 Å². The molecule has 2 unspecified atom stereocenters. The molecule has 2 fully saturated rings. The fraction of sp³-hybridized carbons (Fsp3) is 0.409. The van der Waals surface area contributed by atoms with Gasteiger partial charge in [-0.25, -0.2) is 34.7 Å². The molecule has 4 atom stereocenters. The Morgan fingerprint density at radius 2 is 1.54 bits per heavy atom. The second kappa shape index (κ2) is 9.38. The molecule has 4 rings (SSSR count). The third-order valence-corrected chi connectivity index (χ3v) is 9.94. The van der Waals surface area contributed by atoms with Crippen molar-refractivity contribution in [2.24, 2.45) is 11.8 Å². The van der Waals surface area contributed by atoms with Gasteiger partial charge < -0.3 is 5.32 Å². The Morgan fingerprint density at radius 1 is 0.971 bits per heavy atom. The summed E-state index contributed by atoms with van der Waals surface area (Å²) >= 11 is 6.18. The first-order valence-electron chi connectivity index (χ1n) is 10.7. The van der Waals surface area contributed by atoms with E-state index in [4.69, 9.17) is 11.6 Å². The highest BCUT2D eigenvalue weighted by Crippen LogP contribution is 2.46. The van der Waals surface area contributed by atoms with E-state index in [-0.39, 0.29) is 51.9 Å². The number of fused-ring (bicyclic) bond motifs is 2. The molecule has 0 radical (unpaired) electrons. The standard InChI is InChI=1S/C22H22ClF3N2O5S2/c1-34(30,31)28-21-11-2-3-12(21)7-15(6-11)35(32,33)19-8-13(4-5-16(19)23)22(29)27-14-9-17(24)20(26)18(25)10-14/h4-5,8-12,15,21,28H,2-3,6-7H2,1H3,(H,27,29)/t11-,12?,15-,21?/m0/s1. The summed E-state index contributed by atoms with van der Waals surface area (Å²) in [6.45, 7) is 0. The number of sulfone groups is 1. The summed E-state index contributed by atoms with van der Waals surface area (Å²) in [6.07, 6.45) is 2.95. The topological polar surface area (TPSA) is 109 Å². The first kappa shape index (κ1) is 25.9. The summed E-state index contributed by atoms with van der Waals surface area (Å²) in [5.74, 6) is -5.82. The molecule has 2 aromatic carbocycles. The van der Waals surface area contributed by atoms with Crippen molar-refractivity contribution in [1.29, 1.82) is 0 Å². The molecule has 7 nitrogen and oxygen atoms in total. The molecule has 0 saturated heterocycles. The maximum absolute atomic E-state index is 13.5. The van der Waals surface area contributed by atoms with E-state index in [1.165, 1.54) is 12.1 Å². The van der Waals surface area contributed by atoms with E-state index in [0.29, 0.717) is 25.0 Å². The average Bonchev–Trinajstić information content (AvgIpc) is 2.97. The molecule has 2 saturated carbocycles. The van der Waals surface area contributed by atoms with Crippen LogP contribution in [0.2, 0.25) is 5.02 Å². The van der Waals surface area contributed by atoms with Gasteiger partial charge in [-0.3, -0.25) is 4.79 Å². The summed E-state index contributed by atoms with van der Waals surface area (Å²) in [6, 6.07) is 4.46. The molecule has 13 heteroatoms. The van der Waals surface area contributed by atoms with Gasteiger partial charge in [0.1, 0.15) is 0 Å². The summed E-state index contributed by atoms with van der Waals surface area (Å²) in [7, 11) is -7.44. The molecule has 2 aliphatic carbocycles. The Morgan fingerprint density at radius 3 is 2.09 bits per heavy atom. The zero-order valence-corrected chi connectivity index (χ0v) is 20.8. The number of sulfonamides is 1. The third kappa shape index (κ3) is 5.35. The number of hydrogen-bond donors (Lipinski definition) is 2. The molecular formula is C22H22ClF3N2O5S2. The largest absolute Gasteiger partial charge is 0.322 e. The van der Waals surface area contributed by atoms with Gasteiger partial charge >= 0.3 is 0 Å². The zero-order valence-electron chi connectivity index (χ0n) is 18.4. The molecule has 1 amide bonds. The van der Waals surface area contributed by atoms with Crippen molar-refractivity contribution in [3.8, 4) is 0 Å². The molecule has 0 aliphatic heterocycles. The first-order valence-corrected chi connectivity index (χ1v) is 14.5. The van der Waals surface area contributed by atoms with Gasteiger partial charge in [0.15, 0.2) is 27.3 Å². The Balaban J connectivity index is 1.57. The number of anilines is 1. The van der Waals surface area contributed by atoms with Gasteiger partial charge in [0, 0.05) is 29.4 Å². The highest BCUT2D eigenvalue weighted by atomic mass is 35.5. The van der Waals surface area contributed by atoms with Crippen LogP contribution in [0, 0.1) is 29.3 Å². The van der Waals surface area contributed by atoms with E-state index >= 15 is 0 Å². The predicted octanol–water partition coefficient (Wildman–Crippen LogP) is 3.89. The van der Waals surface area contributed by atoms with Gasteiger partial charge in [0.2, 0.25) is 10.0 Å². The number of carbonyl (C=O) groups excluding carboxylic acids is 1.